The van der Waals surface area contributed by atoms with Gasteiger partial charge in [0.25, 0.3) is 5.82 Å². The summed E-state index contributed by atoms with van der Waals surface area (Å²) in [5, 5.41) is 0. The summed E-state index contributed by atoms with van der Waals surface area (Å²) in [4.78, 5) is 0. The maximum Gasteiger partial charge on any atom is 0.256 e. The first kappa shape index (κ1) is 37.2. The van der Waals surface area contributed by atoms with E-state index in [1.807, 2.05) is 0 Å². The molecule has 2 heteroatoms. The van der Waals surface area contributed by atoms with Gasteiger partial charge in [-0.15, -0.1) is 0 Å². The summed E-state index contributed by atoms with van der Waals surface area (Å²) in [7, 11) is 0. The van der Waals surface area contributed by atoms with E-state index in [-0.39, 0.29) is 0 Å². The summed E-state index contributed by atoms with van der Waals surface area (Å²) in [6.07, 6.45) is 47.8. The lowest BCUT2D eigenvalue weighted by Crippen LogP contribution is -2.37. The van der Waals surface area contributed by atoms with Crippen LogP contribution in [0.4, 0.5) is 0 Å². The third kappa shape index (κ3) is 21.9. The molecule has 0 bridgehead atoms. The zero-order valence-electron chi connectivity index (χ0n) is 28.2. The molecule has 1 rings (SSSR count). The van der Waals surface area contributed by atoms with Gasteiger partial charge in [0.1, 0.15) is 12.4 Å². The lowest BCUT2D eigenvalue weighted by molar-refractivity contribution is -0.704. The number of hydrogen-bond donors (Lipinski definition) is 0. The fourth-order valence-electron chi connectivity index (χ4n) is 6.41. The molecule has 0 amide bonds. The summed E-state index contributed by atoms with van der Waals surface area (Å²) in [6, 6.07) is 0. The van der Waals surface area contributed by atoms with Gasteiger partial charge in [0.05, 0.1) is 13.1 Å². The predicted molar refractivity (Wildman–Crippen MR) is 179 cm³/mol. The minimum absolute atomic E-state index is 1.11. The molecular weight excluding hydrogens is 484 g/mol. The molecule has 0 aliphatic carbocycles. The van der Waals surface area contributed by atoms with Crippen LogP contribution in [0.3, 0.4) is 0 Å². The standard InChI is InChI=1S/C38H75N2/c1-4-7-9-11-13-15-17-19-21-22-24-26-28-30-32-34-38-39(6-3)36-37-40(38)35-33-31-29-27-25-23-20-18-16-14-12-10-8-5-2/h36-37H,4-35H2,1-3H3/q+1. The molecule has 0 N–H and O–H groups in total. The van der Waals surface area contributed by atoms with Crippen LogP contribution >= 0.6 is 0 Å². The molecule has 40 heavy (non-hydrogen) atoms. The maximum atomic E-state index is 2.58. The van der Waals surface area contributed by atoms with Gasteiger partial charge < -0.3 is 0 Å². The highest BCUT2D eigenvalue weighted by molar-refractivity contribution is 4.83. The molecule has 0 spiro atoms. The minimum atomic E-state index is 1.11. The summed E-state index contributed by atoms with van der Waals surface area (Å²) in [5.74, 6) is 1.58. The molecule has 1 aromatic rings. The lowest BCUT2D eigenvalue weighted by atomic mass is 10.0. The van der Waals surface area contributed by atoms with E-state index in [1.54, 1.807) is 5.82 Å². The number of imidazole rings is 1. The van der Waals surface area contributed by atoms with Crippen molar-refractivity contribution in [1.29, 1.82) is 0 Å². The highest BCUT2D eigenvalue weighted by Gasteiger charge is 2.15. The molecule has 0 aliphatic rings. The Kier molecular flexibility index (Phi) is 27.6. The van der Waals surface area contributed by atoms with Crippen LogP contribution in [-0.4, -0.2) is 4.57 Å². The Bertz CT molecular complexity index is 619. The fourth-order valence-corrected chi connectivity index (χ4v) is 6.41. The van der Waals surface area contributed by atoms with E-state index in [2.05, 4.69) is 42.3 Å². The van der Waals surface area contributed by atoms with Crippen LogP contribution in [0.15, 0.2) is 12.4 Å². The Morgan fingerprint density at radius 1 is 0.425 bits per heavy atom. The summed E-state index contributed by atoms with van der Waals surface area (Å²) < 4.78 is 5.07. The Labute approximate surface area is 253 Å². The zero-order valence-corrected chi connectivity index (χ0v) is 28.2. The fraction of sp³-hybridized carbons (Fsp3) is 0.921. The van der Waals surface area contributed by atoms with E-state index < -0.39 is 0 Å². The molecule has 2 nitrogen and oxygen atoms in total. The molecule has 1 aromatic heterocycles. The molecule has 0 unspecified atom stereocenters. The molecule has 0 atom stereocenters. The maximum absolute atomic E-state index is 2.58. The Balaban J connectivity index is 1.97. The van der Waals surface area contributed by atoms with Crippen molar-refractivity contribution in [3.8, 4) is 0 Å². The third-order valence-electron chi connectivity index (χ3n) is 9.19. The van der Waals surface area contributed by atoms with E-state index in [9.17, 15) is 0 Å². The van der Waals surface area contributed by atoms with E-state index >= 15 is 0 Å². The molecule has 0 aromatic carbocycles. The summed E-state index contributed by atoms with van der Waals surface area (Å²) >= 11 is 0. The van der Waals surface area contributed by atoms with E-state index in [1.165, 1.54) is 199 Å². The topological polar surface area (TPSA) is 8.81 Å². The largest absolute Gasteiger partial charge is 0.256 e. The number of aromatic nitrogens is 2. The lowest BCUT2D eigenvalue weighted by Gasteiger charge is -2.06. The Hall–Kier alpha value is -0.790. The smallest absolute Gasteiger partial charge is 0.235 e. The third-order valence-corrected chi connectivity index (χ3v) is 9.19. The van der Waals surface area contributed by atoms with Crippen molar-refractivity contribution in [2.24, 2.45) is 0 Å². The van der Waals surface area contributed by atoms with Gasteiger partial charge in [-0.1, -0.05) is 181 Å². The second-order valence-electron chi connectivity index (χ2n) is 13.0. The van der Waals surface area contributed by atoms with Crippen LogP contribution in [0.25, 0.3) is 0 Å². The molecule has 0 fully saturated rings. The van der Waals surface area contributed by atoms with E-state index in [0.29, 0.717) is 0 Å². The van der Waals surface area contributed by atoms with Crippen molar-refractivity contribution in [3.05, 3.63) is 18.2 Å². The second kappa shape index (κ2) is 29.7. The SMILES string of the molecule is CCCCCCCCCCCCCCCCCc1n(CC)cc[n+]1CCCCCCCCCCCCCCCC. The van der Waals surface area contributed by atoms with Gasteiger partial charge in [-0.2, -0.15) is 0 Å². The number of hydrogen-bond acceptors (Lipinski definition) is 0. The summed E-state index contributed by atoms with van der Waals surface area (Å²) in [6.45, 7) is 9.24. The number of unbranched alkanes of at least 4 members (excludes halogenated alkanes) is 27. The Morgan fingerprint density at radius 3 is 1.10 bits per heavy atom. The van der Waals surface area contributed by atoms with Gasteiger partial charge >= 0.3 is 0 Å². The number of rotatable bonds is 32. The normalized spacial score (nSPS) is 11.6. The average molecular weight is 560 g/mol. The quantitative estimate of drug-likeness (QED) is 0.0613. The van der Waals surface area contributed by atoms with Crippen molar-refractivity contribution in [2.45, 2.75) is 226 Å². The number of nitrogens with zero attached hydrogens (tertiary/aromatic N) is 2. The molecule has 0 saturated heterocycles. The minimum Gasteiger partial charge on any atom is -0.235 e. The number of aryl methyl sites for hydroxylation is 2. The second-order valence-corrected chi connectivity index (χ2v) is 13.0. The van der Waals surface area contributed by atoms with Gasteiger partial charge in [-0.3, -0.25) is 0 Å². The van der Waals surface area contributed by atoms with Gasteiger partial charge in [0.2, 0.25) is 0 Å². The predicted octanol–water partition coefficient (Wildman–Crippen LogP) is 12.7. The van der Waals surface area contributed by atoms with Crippen molar-refractivity contribution < 1.29 is 4.57 Å². The van der Waals surface area contributed by atoms with Gasteiger partial charge in [-0.25, -0.2) is 9.13 Å². The van der Waals surface area contributed by atoms with E-state index in [0.717, 1.165) is 6.54 Å². The van der Waals surface area contributed by atoms with Gasteiger partial charge in [0, 0.05) is 6.42 Å². The van der Waals surface area contributed by atoms with Crippen molar-refractivity contribution in [2.75, 3.05) is 0 Å². The van der Waals surface area contributed by atoms with Crippen molar-refractivity contribution in [1.82, 2.24) is 4.57 Å². The van der Waals surface area contributed by atoms with Crippen molar-refractivity contribution >= 4 is 0 Å². The summed E-state index contributed by atoms with van der Waals surface area (Å²) in [5.41, 5.74) is 0. The van der Waals surface area contributed by atoms with Crippen LogP contribution < -0.4 is 4.57 Å². The average Bonchev–Trinajstić information content (AvgIpc) is 3.36. The van der Waals surface area contributed by atoms with E-state index in [4.69, 9.17) is 0 Å². The first-order chi connectivity index (χ1) is 19.8. The van der Waals surface area contributed by atoms with Crippen LogP contribution in [0, 0.1) is 0 Å². The molecule has 0 aliphatic heterocycles. The monoisotopic (exact) mass is 560 g/mol. The highest BCUT2D eigenvalue weighted by Crippen LogP contribution is 2.15. The van der Waals surface area contributed by atoms with Gasteiger partial charge in [0.15, 0.2) is 0 Å². The molecule has 1 heterocycles. The van der Waals surface area contributed by atoms with Crippen LogP contribution in [-0.2, 0) is 19.5 Å². The first-order valence-electron chi connectivity index (χ1n) is 18.9. The Morgan fingerprint density at radius 2 is 0.750 bits per heavy atom. The van der Waals surface area contributed by atoms with Crippen molar-refractivity contribution in [3.63, 3.8) is 0 Å². The van der Waals surface area contributed by atoms with Gasteiger partial charge in [-0.05, 0) is 26.2 Å². The van der Waals surface area contributed by atoms with Crippen LogP contribution in [0.1, 0.15) is 213 Å². The molecular formula is C38H75N2+. The molecule has 236 valence electrons. The molecule has 0 radical (unpaired) electrons. The van der Waals surface area contributed by atoms with Crippen LogP contribution in [0.5, 0.6) is 0 Å². The van der Waals surface area contributed by atoms with Crippen LogP contribution in [0.2, 0.25) is 0 Å². The highest BCUT2D eigenvalue weighted by atomic mass is 15.1. The zero-order chi connectivity index (χ0) is 28.8. The first-order valence-corrected chi connectivity index (χ1v) is 18.9. The molecule has 0 saturated carbocycles.